The molecule has 0 aliphatic rings. The number of hydrogen-bond acceptors (Lipinski definition) is 6. The van der Waals surface area contributed by atoms with Crippen LogP contribution in [0.15, 0.2) is 23.6 Å². The first-order valence-electron chi connectivity index (χ1n) is 7.44. The van der Waals surface area contributed by atoms with Gasteiger partial charge in [0.15, 0.2) is 10.9 Å². The summed E-state index contributed by atoms with van der Waals surface area (Å²) in [6.07, 6.45) is 0.964. The summed E-state index contributed by atoms with van der Waals surface area (Å²) in [5.74, 6) is 0.0823. The van der Waals surface area contributed by atoms with Crippen molar-refractivity contribution in [2.45, 2.75) is 26.2 Å². The molecule has 1 amide bonds. The van der Waals surface area contributed by atoms with Crippen LogP contribution in [0.5, 0.6) is 5.75 Å². The molecule has 128 valence electrons. The van der Waals surface area contributed by atoms with E-state index >= 15 is 0 Å². The fraction of sp³-hybridized carbons (Fsp3) is 0.375. The minimum Gasteiger partial charge on any atom is -0.490 e. The molecule has 8 heteroatoms. The third kappa shape index (κ3) is 3.53. The molecule has 1 heterocycles. The fourth-order valence-electron chi connectivity index (χ4n) is 2.11. The van der Waals surface area contributed by atoms with Gasteiger partial charge in [-0.15, -0.1) is 11.3 Å². The number of rotatable bonds is 6. The molecule has 0 spiro atoms. The van der Waals surface area contributed by atoms with Gasteiger partial charge < -0.3 is 4.74 Å². The van der Waals surface area contributed by atoms with E-state index in [2.05, 4.69) is 18.8 Å². The number of nitro benzene ring substituents is 1. The predicted molar refractivity (Wildman–Crippen MR) is 93.2 cm³/mol. The van der Waals surface area contributed by atoms with Crippen LogP contribution < -0.4 is 9.64 Å². The lowest BCUT2D eigenvalue weighted by Crippen LogP contribution is -2.26. The zero-order valence-corrected chi connectivity index (χ0v) is 14.8. The number of anilines is 1. The third-order valence-electron chi connectivity index (χ3n) is 3.84. The van der Waals surface area contributed by atoms with Gasteiger partial charge in [0.1, 0.15) is 0 Å². The summed E-state index contributed by atoms with van der Waals surface area (Å²) < 4.78 is 4.95. The van der Waals surface area contributed by atoms with E-state index in [9.17, 15) is 14.9 Å². The van der Waals surface area contributed by atoms with E-state index in [1.54, 1.807) is 7.05 Å². The van der Waals surface area contributed by atoms with Crippen LogP contribution in [0.2, 0.25) is 0 Å². The van der Waals surface area contributed by atoms with E-state index in [1.807, 2.05) is 5.38 Å². The number of aromatic nitrogens is 1. The molecular weight excluding hydrogens is 330 g/mol. The second-order valence-corrected chi connectivity index (χ2v) is 6.21. The van der Waals surface area contributed by atoms with Crippen molar-refractivity contribution in [1.82, 2.24) is 4.98 Å². The van der Waals surface area contributed by atoms with Gasteiger partial charge in [0, 0.05) is 24.1 Å². The Morgan fingerprint density at radius 1 is 1.50 bits per heavy atom. The van der Waals surface area contributed by atoms with Crippen molar-refractivity contribution in [2.75, 3.05) is 19.1 Å². The molecule has 0 bridgehead atoms. The van der Waals surface area contributed by atoms with Crippen LogP contribution in [0.4, 0.5) is 10.8 Å². The quantitative estimate of drug-likeness (QED) is 0.584. The first-order chi connectivity index (χ1) is 11.4. The van der Waals surface area contributed by atoms with Crippen LogP contribution >= 0.6 is 11.3 Å². The van der Waals surface area contributed by atoms with Crippen LogP contribution in [0.3, 0.4) is 0 Å². The second kappa shape index (κ2) is 7.39. The summed E-state index contributed by atoms with van der Waals surface area (Å²) in [5.41, 5.74) is 0.916. The SMILES string of the molecule is CC[C@@H](C)c1csc(N(C)C(=O)c2ccc(OC)c([N+](=O)[O-])c2)n1. The van der Waals surface area contributed by atoms with Crippen LogP contribution in [0.1, 0.15) is 42.2 Å². The highest BCUT2D eigenvalue weighted by atomic mass is 32.1. The molecule has 2 aromatic rings. The molecule has 0 unspecified atom stereocenters. The van der Waals surface area contributed by atoms with Gasteiger partial charge >= 0.3 is 5.69 Å². The Labute approximate surface area is 144 Å². The van der Waals surface area contributed by atoms with E-state index in [4.69, 9.17) is 4.74 Å². The number of nitro groups is 1. The van der Waals surface area contributed by atoms with Crippen molar-refractivity contribution >= 4 is 28.1 Å². The first-order valence-corrected chi connectivity index (χ1v) is 8.32. The number of amides is 1. The second-order valence-electron chi connectivity index (χ2n) is 5.37. The lowest BCUT2D eigenvalue weighted by Gasteiger charge is -2.14. The maximum Gasteiger partial charge on any atom is 0.311 e. The highest BCUT2D eigenvalue weighted by Crippen LogP contribution is 2.30. The van der Waals surface area contributed by atoms with E-state index < -0.39 is 4.92 Å². The number of methoxy groups -OCH3 is 1. The summed E-state index contributed by atoms with van der Waals surface area (Å²) >= 11 is 1.38. The van der Waals surface area contributed by atoms with Crippen LogP contribution in [-0.4, -0.2) is 30.0 Å². The Morgan fingerprint density at radius 2 is 2.21 bits per heavy atom. The fourth-order valence-corrected chi connectivity index (χ4v) is 3.02. The van der Waals surface area contributed by atoms with E-state index in [-0.39, 0.29) is 22.9 Å². The number of ether oxygens (including phenoxy) is 1. The number of hydrogen-bond donors (Lipinski definition) is 0. The molecule has 0 N–H and O–H groups in total. The zero-order valence-electron chi connectivity index (χ0n) is 14.0. The van der Waals surface area contributed by atoms with Crippen molar-refractivity contribution in [3.8, 4) is 5.75 Å². The summed E-state index contributed by atoms with van der Waals surface area (Å²) in [7, 11) is 2.96. The Balaban J connectivity index is 2.29. The molecule has 0 aliphatic carbocycles. The number of nitrogens with zero attached hydrogens (tertiary/aromatic N) is 3. The highest BCUT2D eigenvalue weighted by Gasteiger charge is 2.22. The largest absolute Gasteiger partial charge is 0.490 e. The topological polar surface area (TPSA) is 85.6 Å². The van der Waals surface area contributed by atoms with Gasteiger partial charge in [0.2, 0.25) is 0 Å². The Kier molecular flexibility index (Phi) is 5.50. The highest BCUT2D eigenvalue weighted by molar-refractivity contribution is 7.14. The van der Waals surface area contributed by atoms with Crippen LogP contribution in [0.25, 0.3) is 0 Å². The minimum atomic E-state index is -0.569. The maximum atomic E-state index is 12.6. The molecule has 1 aromatic carbocycles. The molecule has 7 nitrogen and oxygen atoms in total. The molecule has 1 aromatic heterocycles. The Hall–Kier alpha value is -2.48. The minimum absolute atomic E-state index is 0.118. The third-order valence-corrected chi connectivity index (χ3v) is 4.78. The summed E-state index contributed by atoms with van der Waals surface area (Å²) in [6, 6.07) is 4.15. The van der Waals surface area contributed by atoms with Crippen molar-refractivity contribution in [3.05, 3.63) is 45.0 Å². The van der Waals surface area contributed by atoms with Crippen molar-refractivity contribution in [3.63, 3.8) is 0 Å². The number of benzene rings is 1. The van der Waals surface area contributed by atoms with Gasteiger partial charge in [0.05, 0.1) is 17.7 Å². The molecule has 0 fully saturated rings. The summed E-state index contributed by atoms with van der Waals surface area (Å²) in [6.45, 7) is 4.16. The lowest BCUT2D eigenvalue weighted by atomic mass is 10.1. The molecule has 0 saturated carbocycles. The number of thiazole rings is 1. The molecule has 24 heavy (non-hydrogen) atoms. The molecular formula is C16H19N3O4S. The lowest BCUT2D eigenvalue weighted by molar-refractivity contribution is -0.385. The van der Waals surface area contributed by atoms with Crippen molar-refractivity contribution in [2.24, 2.45) is 0 Å². The molecule has 0 saturated heterocycles. The molecule has 1 atom stereocenters. The number of carbonyl (C=O) groups excluding carboxylic acids is 1. The Morgan fingerprint density at radius 3 is 2.79 bits per heavy atom. The summed E-state index contributed by atoms with van der Waals surface area (Å²) in [5, 5.41) is 13.6. The van der Waals surface area contributed by atoms with Crippen LogP contribution in [0, 0.1) is 10.1 Å². The van der Waals surface area contributed by atoms with E-state index in [0.29, 0.717) is 11.0 Å². The van der Waals surface area contributed by atoms with E-state index in [1.165, 1.54) is 41.5 Å². The predicted octanol–water partition coefficient (Wildman–Crippen LogP) is 3.85. The van der Waals surface area contributed by atoms with Gasteiger partial charge in [0.25, 0.3) is 5.91 Å². The van der Waals surface area contributed by atoms with Crippen molar-refractivity contribution in [1.29, 1.82) is 0 Å². The standard InChI is InChI=1S/C16H19N3O4S/c1-5-10(2)12-9-24-16(17-12)18(3)15(20)11-6-7-14(23-4)13(8-11)19(21)22/h6-10H,5H2,1-4H3/t10-/m1/s1. The summed E-state index contributed by atoms with van der Waals surface area (Å²) in [4.78, 5) is 29.0. The zero-order chi connectivity index (χ0) is 17.9. The van der Waals surface area contributed by atoms with Gasteiger partial charge in [-0.25, -0.2) is 4.98 Å². The average Bonchev–Trinajstić information content (AvgIpc) is 3.09. The molecule has 2 rings (SSSR count). The van der Waals surface area contributed by atoms with E-state index in [0.717, 1.165) is 12.1 Å². The first kappa shape index (κ1) is 17.9. The normalized spacial score (nSPS) is 11.8. The van der Waals surface area contributed by atoms with Crippen LogP contribution in [-0.2, 0) is 0 Å². The van der Waals surface area contributed by atoms with Gasteiger partial charge in [-0.3, -0.25) is 19.8 Å². The number of carbonyl (C=O) groups is 1. The van der Waals surface area contributed by atoms with Gasteiger partial charge in [-0.05, 0) is 24.5 Å². The molecule has 0 radical (unpaired) electrons. The average molecular weight is 349 g/mol. The maximum absolute atomic E-state index is 12.6. The Bertz CT molecular complexity index is 760. The van der Waals surface area contributed by atoms with Gasteiger partial charge in [-0.2, -0.15) is 0 Å². The van der Waals surface area contributed by atoms with Crippen molar-refractivity contribution < 1.29 is 14.5 Å². The monoisotopic (exact) mass is 349 g/mol. The van der Waals surface area contributed by atoms with Gasteiger partial charge in [-0.1, -0.05) is 13.8 Å². The smallest absolute Gasteiger partial charge is 0.311 e. The molecule has 0 aliphatic heterocycles.